The summed E-state index contributed by atoms with van der Waals surface area (Å²) in [7, 11) is -1.01. The van der Waals surface area contributed by atoms with Crippen molar-refractivity contribution >= 4 is 21.1 Å². The molecular weight excluding hydrogens is 254 g/mol. The zero-order valence-electron chi connectivity index (χ0n) is 8.63. The highest BCUT2D eigenvalue weighted by Crippen LogP contribution is 2.24. The third kappa shape index (κ3) is 2.59. The van der Waals surface area contributed by atoms with Crippen LogP contribution < -0.4 is 9.46 Å². The Kier molecular flexibility index (Phi) is 4.03. The lowest BCUT2D eigenvalue weighted by Gasteiger charge is -2.08. The van der Waals surface area contributed by atoms with Gasteiger partial charge in [0.05, 0.1) is 12.0 Å². The van der Waals surface area contributed by atoms with Crippen LogP contribution in [0, 0.1) is 0 Å². The van der Waals surface area contributed by atoms with E-state index in [1.54, 1.807) is 0 Å². The lowest BCUT2D eigenvalue weighted by molar-refractivity contribution is 0.400. The van der Waals surface area contributed by atoms with Crippen molar-refractivity contribution in [3.05, 3.63) is 18.2 Å². The number of hydrogen-bond donors (Lipinski definition) is 2. The van der Waals surface area contributed by atoms with Crippen LogP contribution in [0.3, 0.4) is 0 Å². The van der Waals surface area contributed by atoms with Gasteiger partial charge in [0.15, 0.2) is 11.1 Å². The summed E-state index contributed by atoms with van der Waals surface area (Å²) in [6.45, 7) is 0. The first-order chi connectivity index (χ1) is 7.42. The fraction of sp³-hybridized carbons (Fsp3) is 0.250. The van der Waals surface area contributed by atoms with E-state index in [0.29, 0.717) is 0 Å². The van der Waals surface area contributed by atoms with E-state index in [0.717, 1.165) is 0 Å². The average molecular weight is 265 g/mol. The normalized spacial score (nSPS) is 13.4. The molecule has 0 radical (unpaired) electrons. The molecule has 1 aromatic rings. The summed E-state index contributed by atoms with van der Waals surface area (Å²) in [5, 5.41) is 0. The molecule has 8 heteroatoms. The van der Waals surface area contributed by atoms with Gasteiger partial charge in [-0.2, -0.15) is 0 Å². The van der Waals surface area contributed by atoms with Crippen LogP contribution in [-0.2, 0) is 21.1 Å². The molecule has 0 aliphatic rings. The van der Waals surface area contributed by atoms with Gasteiger partial charge in [-0.15, -0.1) is 0 Å². The fourth-order valence-electron chi connectivity index (χ4n) is 1.08. The van der Waals surface area contributed by atoms with E-state index in [4.69, 9.17) is 9.29 Å². The molecule has 0 aliphatic carbocycles. The number of benzene rings is 1. The Morgan fingerprint density at radius 1 is 1.44 bits per heavy atom. The van der Waals surface area contributed by atoms with E-state index in [2.05, 4.69) is 4.72 Å². The molecule has 0 saturated heterocycles. The molecule has 0 bridgehead atoms. The van der Waals surface area contributed by atoms with E-state index in [1.807, 2.05) is 0 Å². The Hall–Kier alpha value is -0.960. The molecule has 0 saturated carbocycles. The predicted octanol–water partition coefficient (Wildman–Crippen LogP) is 0.184. The van der Waals surface area contributed by atoms with Crippen molar-refractivity contribution in [3.8, 4) is 5.75 Å². The van der Waals surface area contributed by atoms with Gasteiger partial charge < -0.3 is 9.29 Å². The van der Waals surface area contributed by atoms with E-state index in [-0.39, 0.29) is 15.5 Å². The predicted molar refractivity (Wildman–Crippen MR) is 58.3 cm³/mol. The fourth-order valence-corrected chi connectivity index (χ4v) is 2.32. The highest BCUT2D eigenvalue weighted by atomic mass is 32.2. The first-order valence-corrected chi connectivity index (χ1v) is 6.74. The lowest BCUT2D eigenvalue weighted by Crippen LogP contribution is -2.18. The molecule has 0 amide bonds. The standard InChI is InChI=1S/C8H11NO5S2/c1-9-16(12,13)6-3-4-8(15(10)11)7(5-6)14-2/h3-5,9H,1-2H3,(H,10,11). The molecule has 2 N–H and O–H groups in total. The SMILES string of the molecule is CNS(=O)(=O)c1ccc(S(=O)O)c(OC)c1. The zero-order chi connectivity index (χ0) is 12.3. The molecule has 1 rings (SSSR count). The minimum atomic E-state index is -3.58. The van der Waals surface area contributed by atoms with Gasteiger partial charge in [0, 0.05) is 6.07 Å². The maximum Gasteiger partial charge on any atom is 0.240 e. The first-order valence-electron chi connectivity index (χ1n) is 4.15. The van der Waals surface area contributed by atoms with Gasteiger partial charge >= 0.3 is 0 Å². The summed E-state index contributed by atoms with van der Waals surface area (Å²) in [6.07, 6.45) is 0. The molecule has 6 nitrogen and oxygen atoms in total. The molecule has 16 heavy (non-hydrogen) atoms. The molecule has 0 aliphatic heterocycles. The monoisotopic (exact) mass is 265 g/mol. The molecule has 1 aromatic carbocycles. The van der Waals surface area contributed by atoms with Gasteiger partial charge in [-0.05, 0) is 19.2 Å². The molecular formula is C8H11NO5S2. The average Bonchev–Trinajstić information content (AvgIpc) is 2.27. The number of sulfonamides is 1. The molecule has 0 fully saturated rings. The van der Waals surface area contributed by atoms with Gasteiger partial charge in [-0.1, -0.05) is 0 Å². The topological polar surface area (TPSA) is 92.7 Å². The molecule has 0 heterocycles. The van der Waals surface area contributed by atoms with Crippen molar-refractivity contribution in [2.24, 2.45) is 0 Å². The zero-order valence-corrected chi connectivity index (χ0v) is 10.3. The van der Waals surface area contributed by atoms with Crippen LogP contribution in [0.4, 0.5) is 0 Å². The van der Waals surface area contributed by atoms with E-state index in [1.165, 1.54) is 32.4 Å². The largest absolute Gasteiger partial charge is 0.495 e. The van der Waals surface area contributed by atoms with E-state index < -0.39 is 21.1 Å². The second kappa shape index (κ2) is 4.91. The van der Waals surface area contributed by atoms with Crippen LogP contribution in [0.1, 0.15) is 0 Å². The van der Waals surface area contributed by atoms with Gasteiger partial charge in [-0.3, -0.25) is 0 Å². The third-order valence-electron chi connectivity index (χ3n) is 1.90. The van der Waals surface area contributed by atoms with Gasteiger partial charge in [0.2, 0.25) is 10.0 Å². The highest BCUT2D eigenvalue weighted by Gasteiger charge is 2.16. The van der Waals surface area contributed by atoms with Crippen LogP contribution in [-0.4, -0.2) is 31.3 Å². The highest BCUT2D eigenvalue weighted by molar-refractivity contribution is 7.89. The molecule has 0 aromatic heterocycles. The minimum Gasteiger partial charge on any atom is -0.495 e. The summed E-state index contributed by atoms with van der Waals surface area (Å²) in [4.78, 5) is -0.00129. The van der Waals surface area contributed by atoms with Crippen LogP contribution in [0.5, 0.6) is 5.75 Å². The number of methoxy groups -OCH3 is 1. The van der Waals surface area contributed by atoms with Crippen molar-refractivity contribution < 1.29 is 21.9 Å². The van der Waals surface area contributed by atoms with Crippen LogP contribution in [0.2, 0.25) is 0 Å². The molecule has 1 atom stereocenters. The van der Waals surface area contributed by atoms with Gasteiger partial charge in [0.25, 0.3) is 0 Å². The van der Waals surface area contributed by atoms with Gasteiger partial charge in [-0.25, -0.2) is 17.3 Å². The second-order valence-electron chi connectivity index (χ2n) is 2.77. The first kappa shape index (κ1) is 13.1. The van der Waals surface area contributed by atoms with Crippen molar-refractivity contribution in [2.45, 2.75) is 9.79 Å². The number of rotatable bonds is 4. The smallest absolute Gasteiger partial charge is 0.240 e. The third-order valence-corrected chi connectivity index (χ3v) is 4.03. The van der Waals surface area contributed by atoms with E-state index in [9.17, 15) is 12.6 Å². The Morgan fingerprint density at radius 2 is 2.06 bits per heavy atom. The summed E-state index contributed by atoms with van der Waals surface area (Å²) in [5.41, 5.74) is 0. The Morgan fingerprint density at radius 3 is 2.50 bits per heavy atom. The molecule has 1 unspecified atom stereocenters. The maximum absolute atomic E-state index is 11.4. The van der Waals surface area contributed by atoms with Crippen LogP contribution >= 0.6 is 0 Å². The maximum atomic E-state index is 11.4. The summed E-state index contributed by atoms with van der Waals surface area (Å²) in [6, 6.07) is 3.66. The Bertz CT molecular complexity index is 511. The number of ether oxygens (including phenoxy) is 1. The summed E-state index contributed by atoms with van der Waals surface area (Å²) >= 11 is -2.22. The van der Waals surface area contributed by atoms with Crippen LogP contribution in [0.25, 0.3) is 0 Å². The Balaban J connectivity index is 3.35. The van der Waals surface area contributed by atoms with Crippen molar-refractivity contribution in [2.75, 3.05) is 14.2 Å². The van der Waals surface area contributed by atoms with Crippen molar-refractivity contribution in [1.29, 1.82) is 0 Å². The quantitative estimate of drug-likeness (QED) is 0.758. The molecule has 90 valence electrons. The van der Waals surface area contributed by atoms with Crippen LogP contribution in [0.15, 0.2) is 28.0 Å². The number of hydrogen-bond acceptors (Lipinski definition) is 4. The summed E-state index contributed by atoms with van der Waals surface area (Å²) in [5.74, 6) is 0.0529. The molecule has 0 spiro atoms. The van der Waals surface area contributed by atoms with E-state index >= 15 is 0 Å². The van der Waals surface area contributed by atoms with Crippen molar-refractivity contribution in [1.82, 2.24) is 4.72 Å². The lowest BCUT2D eigenvalue weighted by atomic mass is 10.3. The van der Waals surface area contributed by atoms with Gasteiger partial charge in [0.1, 0.15) is 10.6 Å². The van der Waals surface area contributed by atoms with Crippen molar-refractivity contribution in [3.63, 3.8) is 0 Å². The summed E-state index contributed by atoms with van der Waals surface area (Å²) < 4.78 is 49.7. The second-order valence-corrected chi connectivity index (χ2v) is 5.59. The number of nitrogens with one attached hydrogen (secondary N) is 1. The Labute approximate surface area is 96.0 Å². The minimum absolute atomic E-state index is 0.0255.